The number of rotatable bonds is 7. The average molecular weight is 295 g/mol. The van der Waals surface area contributed by atoms with Crippen molar-refractivity contribution in [2.75, 3.05) is 18.5 Å². The zero-order valence-electron chi connectivity index (χ0n) is 10.8. The van der Waals surface area contributed by atoms with E-state index in [-0.39, 0.29) is 0 Å². The van der Waals surface area contributed by atoms with Crippen LogP contribution in [0.25, 0.3) is 0 Å². The molecule has 0 amide bonds. The van der Waals surface area contributed by atoms with E-state index in [1.807, 2.05) is 36.4 Å². The molecule has 0 fully saturated rings. The fourth-order valence-electron chi connectivity index (χ4n) is 1.68. The molecule has 0 saturated carbocycles. The van der Waals surface area contributed by atoms with Gasteiger partial charge in [-0.05, 0) is 24.3 Å². The molecule has 0 heterocycles. The van der Waals surface area contributed by atoms with E-state index in [0.717, 1.165) is 5.75 Å². The van der Waals surface area contributed by atoms with E-state index in [9.17, 15) is 8.78 Å². The molecular formula is C15H15F2NOS. The van der Waals surface area contributed by atoms with Crippen molar-refractivity contribution in [1.82, 2.24) is 0 Å². The number of para-hydroxylation sites is 2. The monoisotopic (exact) mass is 295 g/mol. The third kappa shape index (κ3) is 4.74. The molecule has 1 N–H and O–H groups in total. The Hall–Kier alpha value is -1.75. The van der Waals surface area contributed by atoms with Crippen molar-refractivity contribution in [2.24, 2.45) is 0 Å². The molecule has 2 rings (SSSR count). The molecular weight excluding hydrogens is 280 g/mol. The molecule has 0 aliphatic rings. The summed E-state index contributed by atoms with van der Waals surface area (Å²) in [6, 6.07) is 16.5. The SMILES string of the molecule is FC(F)Sc1ccccc1NCCOc1ccccc1. The second kappa shape index (κ2) is 7.75. The summed E-state index contributed by atoms with van der Waals surface area (Å²) in [4.78, 5) is 0.544. The normalized spacial score (nSPS) is 10.6. The van der Waals surface area contributed by atoms with E-state index < -0.39 is 5.76 Å². The lowest BCUT2D eigenvalue weighted by atomic mass is 10.3. The zero-order valence-corrected chi connectivity index (χ0v) is 11.6. The van der Waals surface area contributed by atoms with Gasteiger partial charge in [0.2, 0.25) is 0 Å². The van der Waals surface area contributed by atoms with Gasteiger partial charge in [-0.2, -0.15) is 8.78 Å². The van der Waals surface area contributed by atoms with Gasteiger partial charge >= 0.3 is 0 Å². The van der Waals surface area contributed by atoms with Crippen LogP contribution in [0.1, 0.15) is 0 Å². The molecule has 0 radical (unpaired) electrons. The number of ether oxygens (including phenoxy) is 1. The topological polar surface area (TPSA) is 21.3 Å². The quantitative estimate of drug-likeness (QED) is 0.600. The number of hydrogen-bond acceptors (Lipinski definition) is 3. The van der Waals surface area contributed by atoms with E-state index >= 15 is 0 Å². The minimum atomic E-state index is -2.42. The first-order chi connectivity index (χ1) is 9.75. The molecule has 106 valence electrons. The number of benzene rings is 2. The van der Waals surface area contributed by atoms with Crippen LogP contribution in [0, 0.1) is 0 Å². The van der Waals surface area contributed by atoms with Crippen molar-refractivity contribution in [2.45, 2.75) is 10.7 Å². The molecule has 0 spiro atoms. The van der Waals surface area contributed by atoms with Crippen LogP contribution in [0.2, 0.25) is 0 Å². The molecule has 0 aromatic heterocycles. The molecule has 5 heteroatoms. The fourth-order valence-corrected chi connectivity index (χ4v) is 2.30. The largest absolute Gasteiger partial charge is 0.492 e. The van der Waals surface area contributed by atoms with Gasteiger partial charge in [0.05, 0.1) is 0 Å². The van der Waals surface area contributed by atoms with Crippen molar-refractivity contribution in [3.05, 3.63) is 54.6 Å². The van der Waals surface area contributed by atoms with Crippen LogP contribution in [-0.4, -0.2) is 18.9 Å². The van der Waals surface area contributed by atoms with E-state index in [1.54, 1.807) is 18.2 Å². The molecule has 2 aromatic carbocycles. The van der Waals surface area contributed by atoms with Crippen LogP contribution in [0.5, 0.6) is 5.75 Å². The smallest absolute Gasteiger partial charge is 0.288 e. The Bertz CT molecular complexity index is 522. The molecule has 0 saturated heterocycles. The van der Waals surface area contributed by atoms with Gasteiger partial charge in [0.1, 0.15) is 12.4 Å². The number of hydrogen-bond donors (Lipinski definition) is 1. The molecule has 0 aliphatic heterocycles. The number of thioether (sulfide) groups is 1. The molecule has 0 aliphatic carbocycles. The number of halogens is 2. The summed E-state index contributed by atoms with van der Waals surface area (Å²) in [5, 5.41) is 3.11. The van der Waals surface area contributed by atoms with Crippen LogP contribution in [-0.2, 0) is 0 Å². The minimum Gasteiger partial charge on any atom is -0.492 e. The molecule has 2 aromatic rings. The summed E-state index contributed by atoms with van der Waals surface area (Å²) in [7, 11) is 0. The van der Waals surface area contributed by atoms with Gasteiger partial charge in [0.15, 0.2) is 0 Å². The van der Waals surface area contributed by atoms with Gasteiger partial charge < -0.3 is 10.1 Å². The highest BCUT2D eigenvalue weighted by Crippen LogP contribution is 2.31. The highest BCUT2D eigenvalue weighted by molar-refractivity contribution is 7.99. The lowest BCUT2D eigenvalue weighted by Crippen LogP contribution is -2.12. The summed E-state index contributed by atoms with van der Waals surface area (Å²) >= 11 is 0.543. The highest BCUT2D eigenvalue weighted by Gasteiger charge is 2.08. The number of alkyl halides is 2. The van der Waals surface area contributed by atoms with Gasteiger partial charge in [-0.15, -0.1) is 0 Å². The number of nitrogens with one attached hydrogen (secondary N) is 1. The van der Waals surface area contributed by atoms with Crippen molar-refractivity contribution in [3.8, 4) is 5.75 Å². The lowest BCUT2D eigenvalue weighted by Gasteiger charge is -2.12. The van der Waals surface area contributed by atoms with Crippen molar-refractivity contribution in [1.29, 1.82) is 0 Å². The predicted octanol–water partition coefficient (Wildman–Crippen LogP) is 4.49. The predicted molar refractivity (Wildman–Crippen MR) is 78.7 cm³/mol. The van der Waals surface area contributed by atoms with E-state index in [0.29, 0.717) is 35.5 Å². The van der Waals surface area contributed by atoms with Gasteiger partial charge in [0.25, 0.3) is 5.76 Å². The summed E-state index contributed by atoms with van der Waals surface area (Å²) in [5.41, 5.74) is 0.703. The fraction of sp³-hybridized carbons (Fsp3) is 0.200. The Labute approximate surface area is 121 Å². The average Bonchev–Trinajstić information content (AvgIpc) is 2.46. The molecule has 0 atom stereocenters. The van der Waals surface area contributed by atoms with Crippen LogP contribution < -0.4 is 10.1 Å². The summed E-state index contributed by atoms with van der Waals surface area (Å²) in [6.45, 7) is 1.02. The molecule has 0 unspecified atom stereocenters. The van der Waals surface area contributed by atoms with Crippen molar-refractivity contribution < 1.29 is 13.5 Å². The van der Waals surface area contributed by atoms with Gasteiger partial charge in [-0.3, -0.25) is 0 Å². The Morgan fingerprint density at radius 1 is 1.00 bits per heavy atom. The van der Waals surface area contributed by atoms with Gasteiger partial charge in [0, 0.05) is 17.1 Å². The van der Waals surface area contributed by atoms with Crippen molar-refractivity contribution >= 4 is 17.4 Å². The summed E-state index contributed by atoms with van der Waals surface area (Å²) in [5.74, 6) is -1.62. The third-order valence-electron chi connectivity index (χ3n) is 2.53. The Morgan fingerprint density at radius 3 is 2.45 bits per heavy atom. The minimum absolute atomic E-state index is 0.470. The maximum Gasteiger partial charge on any atom is 0.288 e. The Balaban J connectivity index is 1.82. The summed E-state index contributed by atoms with van der Waals surface area (Å²) in [6.07, 6.45) is 0. The molecule has 20 heavy (non-hydrogen) atoms. The molecule has 2 nitrogen and oxygen atoms in total. The van der Waals surface area contributed by atoms with Crippen LogP contribution in [0.4, 0.5) is 14.5 Å². The number of anilines is 1. The Morgan fingerprint density at radius 2 is 1.70 bits per heavy atom. The van der Waals surface area contributed by atoms with Gasteiger partial charge in [-0.25, -0.2) is 0 Å². The molecule has 0 bridgehead atoms. The lowest BCUT2D eigenvalue weighted by molar-refractivity contribution is 0.252. The second-order valence-electron chi connectivity index (χ2n) is 3.96. The zero-order chi connectivity index (χ0) is 14.2. The third-order valence-corrected chi connectivity index (χ3v) is 3.32. The first-order valence-electron chi connectivity index (χ1n) is 6.21. The van der Waals surface area contributed by atoms with E-state index in [2.05, 4.69) is 5.32 Å². The Kier molecular flexibility index (Phi) is 5.68. The standard InChI is InChI=1S/C15H15F2NOS/c16-15(17)20-14-9-5-4-8-13(14)18-10-11-19-12-6-2-1-3-7-12/h1-9,15,18H,10-11H2. The van der Waals surface area contributed by atoms with Crippen LogP contribution >= 0.6 is 11.8 Å². The highest BCUT2D eigenvalue weighted by atomic mass is 32.2. The summed E-state index contributed by atoms with van der Waals surface area (Å²) < 4.78 is 30.4. The maximum atomic E-state index is 12.4. The van der Waals surface area contributed by atoms with Crippen LogP contribution in [0.3, 0.4) is 0 Å². The van der Waals surface area contributed by atoms with Gasteiger partial charge in [-0.1, -0.05) is 42.1 Å². The van der Waals surface area contributed by atoms with Crippen molar-refractivity contribution in [3.63, 3.8) is 0 Å². The second-order valence-corrected chi connectivity index (χ2v) is 4.99. The van der Waals surface area contributed by atoms with E-state index in [1.165, 1.54) is 0 Å². The van der Waals surface area contributed by atoms with Crippen LogP contribution in [0.15, 0.2) is 59.5 Å². The van der Waals surface area contributed by atoms with E-state index in [4.69, 9.17) is 4.74 Å². The maximum absolute atomic E-state index is 12.4. The first kappa shape index (κ1) is 14.7. The first-order valence-corrected chi connectivity index (χ1v) is 7.09.